The van der Waals surface area contributed by atoms with Crippen molar-refractivity contribution in [3.63, 3.8) is 0 Å². The first-order valence-electron chi connectivity index (χ1n) is 17.4. The second-order valence-electron chi connectivity index (χ2n) is 12.9. The van der Waals surface area contributed by atoms with E-state index in [1.54, 1.807) is 37.3 Å². The van der Waals surface area contributed by atoms with Gasteiger partial charge in [-0.05, 0) is 79.9 Å². The van der Waals surface area contributed by atoms with Gasteiger partial charge in [0.1, 0.15) is 23.9 Å². The summed E-state index contributed by atoms with van der Waals surface area (Å²) in [5.74, 6) is 2.78. The van der Waals surface area contributed by atoms with Crippen molar-refractivity contribution >= 4 is 46.1 Å². The Bertz CT molecular complexity index is 1910. The SMILES string of the molecule is COc1ccc(C(=O)N(C)CC(CCN2CCC(Nc3nc4ccccc4n3CCOc3ccccc3)CC2)c2ccc(Cl)c(Cl)c2)c(OC)c1. The fraction of sp³-hybridized carbons (Fsp3) is 0.350. The summed E-state index contributed by atoms with van der Waals surface area (Å²) in [5, 5.41) is 4.78. The van der Waals surface area contributed by atoms with E-state index >= 15 is 0 Å². The molecule has 0 aliphatic carbocycles. The van der Waals surface area contributed by atoms with Crippen molar-refractivity contribution in [1.82, 2.24) is 19.4 Å². The van der Waals surface area contributed by atoms with Crippen LogP contribution in [0.5, 0.6) is 17.2 Å². The summed E-state index contributed by atoms with van der Waals surface area (Å²) in [6.07, 6.45) is 2.85. The lowest BCUT2D eigenvalue weighted by molar-refractivity contribution is 0.0778. The molecule has 0 radical (unpaired) electrons. The number of aromatic nitrogens is 2. The van der Waals surface area contributed by atoms with Crippen LogP contribution in [0, 0.1) is 0 Å². The Labute approximate surface area is 310 Å². The molecule has 11 heteroatoms. The molecule has 1 N–H and O–H groups in total. The number of para-hydroxylation sites is 3. The summed E-state index contributed by atoms with van der Waals surface area (Å²) in [7, 11) is 4.97. The first kappa shape index (κ1) is 36.4. The predicted octanol–water partition coefficient (Wildman–Crippen LogP) is 8.26. The first-order valence-corrected chi connectivity index (χ1v) is 18.1. The zero-order valence-electron chi connectivity index (χ0n) is 29.4. The number of halogens is 2. The molecule has 0 bridgehead atoms. The highest BCUT2D eigenvalue weighted by molar-refractivity contribution is 6.42. The highest BCUT2D eigenvalue weighted by Crippen LogP contribution is 2.31. The Hall–Kier alpha value is -4.44. The van der Waals surface area contributed by atoms with Crippen LogP contribution in [0.3, 0.4) is 0 Å². The minimum absolute atomic E-state index is 0.0480. The normalized spacial score (nSPS) is 14.3. The van der Waals surface area contributed by atoms with Gasteiger partial charge in [-0.15, -0.1) is 0 Å². The van der Waals surface area contributed by atoms with Crippen LogP contribution in [0.4, 0.5) is 5.95 Å². The van der Waals surface area contributed by atoms with Crippen LogP contribution in [-0.4, -0.2) is 85.4 Å². The number of likely N-dealkylation sites (tertiary alicyclic amines) is 1. The number of hydrogen-bond donors (Lipinski definition) is 1. The van der Waals surface area contributed by atoms with Crippen molar-refractivity contribution in [3.8, 4) is 17.2 Å². The Kier molecular flexibility index (Phi) is 12.2. The molecule has 2 heterocycles. The summed E-state index contributed by atoms with van der Waals surface area (Å²) in [5.41, 5.74) is 3.61. The lowest BCUT2D eigenvalue weighted by Crippen LogP contribution is -2.40. The van der Waals surface area contributed by atoms with Gasteiger partial charge in [0.05, 0.1) is 47.4 Å². The van der Waals surface area contributed by atoms with Crippen LogP contribution in [-0.2, 0) is 6.54 Å². The lowest BCUT2D eigenvalue weighted by Gasteiger charge is -2.34. The molecule has 1 aliphatic heterocycles. The number of likely N-dealkylation sites (N-methyl/N-ethyl adjacent to an activating group) is 1. The standard InChI is InChI=1S/C40H45Cl2N5O4/c1-45(39(48)33-15-14-32(49-2)26-38(33)50-3)27-29(28-13-16-34(41)35(42)25-28)17-20-46-21-18-30(19-22-46)43-40-44-36-11-7-8-12-37(36)47(40)23-24-51-31-9-5-4-6-10-31/h4-16,25-26,29-30H,17-24,27H2,1-3H3,(H,43,44). The van der Waals surface area contributed by atoms with Gasteiger partial charge in [0.15, 0.2) is 0 Å². The molecule has 1 unspecified atom stereocenters. The van der Waals surface area contributed by atoms with E-state index < -0.39 is 0 Å². The second-order valence-corrected chi connectivity index (χ2v) is 13.7. The summed E-state index contributed by atoms with van der Waals surface area (Å²) in [6, 6.07) is 29.5. The average Bonchev–Trinajstić information content (AvgIpc) is 3.51. The molecule has 268 valence electrons. The molecular weight excluding hydrogens is 685 g/mol. The van der Waals surface area contributed by atoms with E-state index in [0.717, 1.165) is 67.2 Å². The second kappa shape index (κ2) is 17.2. The smallest absolute Gasteiger partial charge is 0.257 e. The van der Waals surface area contributed by atoms with Crippen molar-refractivity contribution in [2.24, 2.45) is 0 Å². The number of benzene rings is 4. The maximum Gasteiger partial charge on any atom is 0.257 e. The third-order valence-corrected chi connectivity index (χ3v) is 10.3. The number of fused-ring (bicyclic) bond motifs is 1. The summed E-state index contributed by atoms with van der Waals surface area (Å²) < 4.78 is 19.1. The number of hydrogen-bond acceptors (Lipinski definition) is 7. The van der Waals surface area contributed by atoms with Crippen molar-refractivity contribution in [3.05, 3.63) is 112 Å². The van der Waals surface area contributed by atoms with E-state index in [4.69, 9.17) is 42.4 Å². The highest BCUT2D eigenvalue weighted by Gasteiger charge is 2.25. The number of imidazole rings is 1. The van der Waals surface area contributed by atoms with E-state index in [9.17, 15) is 4.79 Å². The third-order valence-electron chi connectivity index (χ3n) is 9.59. The number of carbonyl (C=O) groups is 1. The van der Waals surface area contributed by atoms with E-state index in [1.165, 1.54) is 0 Å². The topological polar surface area (TPSA) is 81.1 Å². The molecule has 1 fully saturated rings. The Morgan fingerprint density at radius 2 is 1.67 bits per heavy atom. The van der Waals surface area contributed by atoms with Crippen LogP contribution in [0.1, 0.15) is 41.1 Å². The van der Waals surface area contributed by atoms with Crippen LogP contribution in [0.15, 0.2) is 91.0 Å². The maximum absolute atomic E-state index is 13.6. The quantitative estimate of drug-likeness (QED) is 0.116. The van der Waals surface area contributed by atoms with Gasteiger partial charge in [-0.1, -0.05) is 59.6 Å². The van der Waals surface area contributed by atoms with Gasteiger partial charge >= 0.3 is 0 Å². The molecule has 4 aromatic carbocycles. The van der Waals surface area contributed by atoms with Crippen LogP contribution < -0.4 is 19.5 Å². The van der Waals surface area contributed by atoms with Crippen LogP contribution in [0.25, 0.3) is 11.0 Å². The number of anilines is 1. The Morgan fingerprint density at radius 3 is 2.41 bits per heavy atom. The zero-order chi connectivity index (χ0) is 35.7. The number of piperidine rings is 1. The number of carbonyl (C=O) groups excluding carboxylic acids is 1. The molecule has 1 aromatic heterocycles. The number of nitrogens with zero attached hydrogens (tertiary/aromatic N) is 4. The van der Waals surface area contributed by atoms with Crippen molar-refractivity contribution < 1.29 is 19.0 Å². The number of ether oxygens (including phenoxy) is 3. The fourth-order valence-corrected chi connectivity index (χ4v) is 7.04. The molecule has 0 spiro atoms. The molecule has 6 rings (SSSR count). The number of amides is 1. The van der Waals surface area contributed by atoms with Gasteiger partial charge in [-0.2, -0.15) is 0 Å². The number of rotatable bonds is 15. The van der Waals surface area contributed by atoms with E-state index in [-0.39, 0.29) is 11.8 Å². The van der Waals surface area contributed by atoms with Gasteiger partial charge in [-0.25, -0.2) is 4.98 Å². The average molecular weight is 731 g/mol. The van der Waals surface area contributed by atoms with Crippen LogP contribution >= 0.6 is 23.2 Å². The number of methoxy groups -OCH3 is 2. The van der Waals surface area contributed by atoms with Crippen molar-refractivity contribution in [2.75, 3.05) is 59.4 Å². The van der Waals surface area contributed by atoms with Gasteiger partial charge < -0.3 is 33.9 Å². The van der Waals surface area contributed by atoms with Gasteiger partial charge in [0.25, 0.3) is 5.91 Å². The molecule has 9 nitrogen and oxygen atoms in total. The van der Waals surface area contributed by atoms with Gasteiger partial charge in [0, 0.05) is 44.7 Å². The summed E-state index contributed by atoms with van der Waals surface area (Å²) in [4.78, 5) is 22.9. The molecule has 1 aliphatic rings. The summed E-state index contributed by atoms with van der Waals surface area (Å²) >= 11 is 12.8. The first-order chi connectivity index (χ1) is 24.8. The zero-order valence-corrected chi connectivity index (χ0v) is 30.9. The van der Waals surface area contributed by atoms with Gasteiger partial charge in [0.2, 0.25) is 5.95 Å². The molecule has 51 heavy (non-hydrogen) atoms. The summed E-state index contributed by atoms with van der Waals surface area (Å²) in [6.45, 7) is 4.55. The van der Waals surface area contributed by atoms with E-state index in [1.807, 2.05) is 61.6 Å². The molecule has 5 aromatic rings. The largest absolute Gasteiger partial charge is 0.497 e. The third kappa shape index (κ3) is 9.08. The fourth-order valence-electron chi connectivity index (χ4n) is 6.73. The molecule has 0 saturated carbocycles. The molecule has 1 atom stereocenters. The molecule has 1 saturated heterocycles. The Morgan fingerprint density at radius 1 is 0.902 bits per heavy atom. The monoisotopic (exact) mass is 729 g/mol. The van der Waals surface area contributed by atoms with Crippen molar-refractivity contribution in [1.29, 1.82) is 0 Å². The number of nitrogens with one attached hydrogen (secondary N) is 1. The highest BCUT2D eigenvalue weighted by atomic mass is 35.5. The Balaban J connectivity index is 1.08. The minimum atomic E-state index is -0.121. The predicted molar refractivity (Wildman–Crippen MR) is 205 cm³/mol. The maximum atomic E-state index is 13.6. The van der Waals surface area contributed by atoms with E-state index in [0.29, 0.717) is 52.8 Å². The van der Waals surface area contributed by atoms with Gasteiger partial charge in [-0.3, -0.25) is 4.79 Å². The minimum Gasteiger partial charge on any atom is -0.497 e. The van der Waals surface area contributed by atoms with Crippen LogP contribution in [0.2, 0.25) is 10.0 Å². The lowest BCUT2D eigenvalue weighted by atomic mass is 9.94. The van der Waals surface area contributed by atoms with Crippen molar-refractivity contribution in [2.45, 2.75) is 37.8 Å². The van der Waals surface area contributed by atoms with E-state index in [2.05, 4.69) is 33.0 Å². The molecular formula is C40H45Cl2N5O4. The molecule has 1 amide bonds.